The fraction of sp³-hybridized carbons (Fsp3) is 0.0714. The number of carbonyl (C=O) groups is 1. The number of halogens is 2. The predicted molar refractivity (Wildman–Crippen MR) is 75.0 cm³/mol. The molecule has 0 aromatic heterocycles. The summed E-state index contributed by atoms with van der Waals surface area (Å²) in [5.74, 6) is -0.843. The van der Waals surface area contributed by atoms with Gasteiger partial charge in [0, 0.05) is 16.3 Å². The Morgan fingerprint density at radius 3 is 2.63 bits per heavy atom. The lowest BCUT2D eigenvalue weighted by atomic mass is 10.1. The maximum Gasteiger partial charge on any atom is 0.255 e. The monoisotopic (exact) mass is 278 g/mol. The van der Waals surface area contributed by atoms with E-state index in [0.29, 0.717) is 16.3 Å². The molecule has 0 aliphatic heterocycles. The molecule has 0 heterocycles. The molecule has 0 bridgehead atoms. The van der Waals surface area contributed by atoms with Crippen LogP contribution in [0.2, 0.25) is 5.02 Å². The molecule has 0 saturated carbocycles. The number of amides is 1. The summed E-state index contributed by atoms with van der Waals surface area (Å²) in [6.07, 6.45) is 0. The highest BCUT2D eigenvalue weighted by Crippen LogP contribution is 2.19. The second kappa shape index (κ2) is 5.28. The lowest BCUT2D eigenvalue weighted by Crippen LogP contribution is -2.12. The first kappa shape index (κ1) is 13.4. The molecule has 98 valence electrons. The van der Waals surface area contributed by atoms with Crippen LogP contribution in [0.1, 0.15) is 15.9 Å². The standard InChI is InChI=1S/C14H12ClFN2O/c1-8-2-3-9(6-11(8)15)14(19)18-10-4-5-12(16)13(17)7-10/h2-7H,17H2,1H3,(H,18,19). The van der Waals surface area contributed by atoms with Crippen LogP contribution in [0.15, 0.2) is 36.4 Å². The zero-order valence-electron chi connectivity index (χ0n) is 10.2. The summed E-state index contributed by atoms with van der Waals surface area (Å²) in [5.41, 5.74) is 7.17. The van der Waals surface area contributed by atoms with Gasteiger partial charge in [0.1, 0.15) is 5.82 Å². The molecule has 2 aromatic rings. The molecule has 0 unspecified atom stereocenters. The van der Waals surface area contributed by atoms with Crippen molar-refractivity contribution in [2.45, 2.75) is 6.92 Å². The van der Waals surface area contributed by atoms with Gasteiger partial charge in [-0.1, -0.05) is 17.7 Å². The third kappa shape index (κ3) is 3.03. The molecule has 3 N–H and O–H groups in total. The van der Waals surface area contributed by atoms with E-state index in [9.17, 15) is 9.18 Å². The van der Waals surface area contributed by atoms with Crippen LogP contribution in [0.4, 0.5) is 15.8 Å². The number of hydrogen-bond acceptors (Lipinski definition) is 2. The Morgan fingerprint density at radius 2 is 2.00 bits per heavy atom. The summed E-state index contributed by atoms with van der Waals surface area (Å²) in [6, 6.07) is 9.02. The molecular weight excluding hydrogens is 267 g/mol. The van der Waals surface area contributed by atoms with Crippen molar-refractivity contribution in [2.75, 3.05) is 11.1 Å². The molecule has 5 heteroatoms. The summed E-state index contributed by atoms with van der Waals surface area (Å²) in [7, 11) is 0. The molecule has 0 saturated heterocycles. The quantitative estimate of drug-likeness (QED) is 0.824. The number of rotatable bonds is 2. The Bertz CT molecular complexity index is 643. The van der Waals surface area contributed by atoms with Crippen molar-refractivity contribution in [3.63, 3.8) is 0 Å². The third-order valence-corrected chi connectivity index (χ3v) is 3.10. The van der Waals surface area contributed by atoms with Gasteiger partial charge in [-0.25, -0.2) is 4.39 Å². The van der Waals surface area contributed by atoms with Gasteiger partial charge >= 0.3 is 0 Å². The van der Waals surface area contributed by atoms with Crippen molar-refractivity contribution < 1.29 is 9.18 Å². The molecule has 0 spiro atoms. The van der Waals surface area contributed by atoms with E-state index in [2.05, 4.69) is 5.32 Å². The Labute approximate surface area is 115 Å². The van der Waals surface area contributed by atoms with Gasteiger partial charge < -0.3 is 11.1 Å². The van der Waals surface area contributed by atoms with Crippen LogP contribution in [-0.4, -0.2) is 5.91 Å². The van der Waals surface area contributed by atoms with Crippen molar-refractivity contribution in [2.24, 2.45) is 0 Å². The molecule has 2 aromatic carbocycles. The minimum atomic E-state index is -0.517. The summed E-state index contributed by atoms with van der Waals surface area (Å²) >= 11 is 5.96. The van der Waals surface area contributed by atoms with E-state index in [1.807, 2.05) is 6.92 Å². The van der Waals surface area contributed by atoms with Crippen LogP contribution in [-0.2, 0) is 0 Å². The normalized spacial score (nSPS) is 10.3. The van der Waals surface area contributed by atoms with Crippen LogP contribution in [0.5, 0.6) is 0 Å². The SMILES string of the molecule is Cc1ccc(C(=O)Nc2ccc(F)c(N)c2)cc1Cl. The van der Waals surface area contributed by atoms with E-state index in [1.165, 1.54) is 18.2 Å². The number of nitrogen functional groups attached to an aromatic ring is 1. The number of hydrogen-bond donors (Lipinski definition) is 2. The van der Waals surface area contributed by atoms with E-state index in [0.717, 1.165) is 5.56 Å². The van der Waals surface area contributed by atoms with Crippen LogP contribution in [0.25, 0.3) is 0 Å². The molecular formula is C14H12ClFN2O. The van der Waals surface area contributed by atoms with Crippen molar-refractivity contribution in [3.05, 3.63) is 58.4 Å². The van der Waals surface area contributed by atoms with Crippen molar-refractivity contribution >= 4 is 28.9 Å². The molecule has 0 fully saturated rings. The lowest BCUT2D eigenvalue weighted by molar-refractivity contribution is 0.102. The summed E-state index contributed by atoms with van der Waals surface area (Å²) in [6.45, 7) is 1.85. The molecule has 2 rings (SSSR count). The molecule has 0 aliphatic carbocycles. The van der Waals surface area contributed by atoms with Crippen LogP contribution in [0.3, 0.4) is 0 Å². The number of benzene rings is 2. The van der Waals surface area contributed by atoms with Crippen molar-refractivity contribution in [1.29, 1.82) is 0 Å². The number of nitrogens with one attached hydrogen (secondary N) is 1. The van der Waals surface area contributed by atoms with Gasteiger partial charge in [-0.3, -0.25) is 4.79 Å². The van der Waals surface area contributed by atoms with Crippen molar-refractivity contribution in [3.8, 4) is 0 Å². The largest absolute Gasteiger partial charge is 0.396 e. The number of nitrogens with two attached hydrogens (primary N) is 1. The van der Waals surface area contributed by atoms with Gasteiger partial charge in [0.15, 0.2) is 0 Å². The Morgan fingerprint density at radius 1 is 1.26 bits per heavy atom. The first-order valence-electron chi connectivity index (χ1n) is 5.60. The third-order valence-electron chi connectivity index (χ3n) is 2.69. The summed E-state index contributed by atoms with van der Waals surface area (Å²) < 4.78 is 13.0. The van der Waals surface area contributed by atoms with Crippen LogP contribution < -0.4 is 11.1 Å². The van der Waals surface area contributed by atoms with Crippen molar-refractivity contribution in [1.82, 2.24) is 0 Å². The Kier molecular flexibility index (Phi) is 3.71. The van der Waals surface area contributed by atoms with Crippen LogP contribution >= 0.6 is 11.6 Å². The van der Waals surface area contributed by atoms with E-state index < -0.39 is 5.82 Å². The predicted octanol–water partition coefficient (Wildman–Crippen LogP) is 3.62. The zero-order chi connectivity index (χ0) is 14.0. The minimum Gasteiger partial charge on any atom is -0.396 e. The van der Waals surface area contributed by atoms with E-state index in [1.54, 1.807) is 18.2 Å². The number of anilines is 2. The molecule has 19 heavy (non-hydrogen) atoms. The van der Waals surface area contributed by atoms with Gasteiger partial charge in [-0.15, -0.1) is 0 Å². The Balaban J connectivity index is 2.20. The molecule has 0 aliphatic rings. The van der Waals surface area contributed by atoms with E-state index >= 15 is 0 Å². The molecule has 3 nitrogen and oxygen atoms in total. The first-order valence-corrected chi connectivity index (χ1v) is 5.97. The number of aryl methyl sites for hydroxylation is 1. The fourth-order valence-corrected chi connectivity index (χ4v) is 1.74. The highest BCUT2D eigenvalue weighted by Gasteiger charge is 2.08. The Hall–Kier alpha value is -2.07. The summed E-state index contributed by atoms with van der Waals surface area (Å²) in [5, 5.41) is 3.15. The molecule has 1 amide bonds. The highest BCUT2D eigenvalue weighted by molar-refractivity contribution is 6.31. The van der Waals surface area contributed by atoms with Gasteiger partial charge in [-0.2, -0.15) is 0 Å². The second-order valence-electron chi connectivity index (χ2n) is 4.15. The van der Waals surface area contributed by atoms with Gasteiger partial charge in [-0.05, 0) is 42.8 Å². The molecule has 0 radical (unpaired) electrons. The van der Waals surface area contributed by atoms with Gasteiger partial charge in [0.25, 0.3) is 5.91 Å². The van der Waals surface area contributed by atoms with Gasteiger partial charge in [0.2, 0.25) is 0 Å². The summed E-state index contributed by atoms with van der Waals surface area (Å²) in [4.78, 5) is 12.0. The average Bonchev–Trinajstić information content (AvgIpc) is 2.37. The fourth-order valence-electron chi connectivity index (χ4n) is 1.56. The zero-order valence-corrected chi connectivity index (χ0v) is 11.0. The van der Waals surface area contributed by atoms with Crippen LogP contribution in [0, 0.1) is 12.7 Å². The highest BCUT2D eigenvalue weighted by atomic mass is 35.5. The maximum atomic E-state index is 13.0. The maximum absolute atomic E-state index is 13.0. The first-order chi connectivity index (χ1) is 8.97. The number of carbonyl (C=O) groups excluding carboxylic acids is 1. The van der Waals surface area contributed by atoms with E-state index in [4.69, 9.17) is 17.3 Å². The second-order valence-corrected chi connectivity index (χ2v) is 4.56. The van der Waals surface area contributed by atoms with E-state index in [-0.39, 0.29) is 11.6 Å². The topological polar surface area (TPSA) is 55.1 Å². The molecule has 0 atom stereocenters. The smallest absolute Gasteiger partial charge is 0.255 e. The minimum absolute atomic E-state index is 0.0141. The average molecular weight is 279 g/mol. The lowest BCUT2D eigenvalue weighted by Gasteiger charge is -2.07. The van der Waals surface area contributed by atoms with Gasteiger partial charge in [0.05, 0.1) is 5.69 Å².